The van der Waals surface area contributed by atoms with Crippen molar-refractivity contribution in [3.63, 3.8) is 0 Å². The van der Waals surface area contributed by atoms with Crippen LogP contribution in [0.1, 0.15) is 24.8 Å². The summed E-state index contributed by atoms with van der Waals surface area (Å²) in [5.41, 5.74) is 2.23. The molecule has 8 heteroatoms. The topological polar surface area (TPSA) is 92.8 Å². The summed E-state index contributed by atoms with van der Waals surface area (Å²) in [5.74, 6) is 0.428. The van der Waals surface area contributed by atoms with E-state index in [1.165, 1.54) is 12.3 Å². The van der Waals surface area contributed by atoms with Crippen LogP contribution in [0.5, 0.6) is 5.75 Å². The van der Waals surface area contributed by atoms with Gasteiger partial charge in [0.1, 0.15) is 5.75 Å². The Morgan fingerprint density at radius 3 is 2.70 bits per heavy atom. The Morgan fingerprint density at radius 2 is 1.97 bits per heavy atom. The molecule has 0 aromatic heterocycles. The minimum absolute atomic E-state index is 0.0154. The lowest BCUT2D eigenvalue weighted by atomic mass is 10.0. The van der Waals surface area contributed by atoms with Crippen molar-refractivity contribution >= 4 is 33.0 Å². The first-order valence-electron chi connectivity index (χ1n) is 9.98. The lowest BCUT2D eigenvalue weighted by Gasteiger charge is -2.29. The minimum Gasteiger partial charge on any atom is -0.484 e. The lowest BCUT2D eigenvalue weighted by Crippen LogP contribution is -2.38. The fourth-order valence-corrected chi connectivity index (χ4v) is 4.21. The molecule has 2 aromatic carbocycles. The number of aryl methyl sites for hydroxylation is 1. The van der Waals surface area contributed by atoms with E-state index in [2.05, 4.69) is 5.32 Å². The highest BCUT2D eigenvalue weighted by atomic mass is 32.2. The van der Waals surface area contributed by atoms with Gasteiger partial charge in [-0.3, -0.25) is 9.59 Å². The average molecular weight is 429 g/mol. The number of hydrogen-bond acceptors (Lipinski definition) is 5. The summed E-state index contributed by atoms with van der Waals surface area (Å²) >= 11 is 0. The van der Waals surface area contributed by atoms with E-state index in [1.54, 1.807) is 41.3 Å². The summed E-state index contributed by atoms with van der Waals surface area (Å²) in [6.45, 7) is 0.415. The van der Waals surface area contributed by atoms with Crippen molar-refractivity contribution in [1.29, 1.82) is 0 Å². The first kappa shape index (κ1) is 20.4. The number of fused-ring (bicyclic) bond motifs is 1. The van der Waals surface area contributed by atoms with Gasteiger partial charge in [0.05, 0.1) is 4.90 Å². The van der Waals surface area contributed by atoms with Crippen molar-refractivity contribution in [2.45, 2.75) is 30.6 Å². The van der Waals surface area contributed by atoms with E-state index in [1.807, 2.05) is 0 Å². The van der Waals surface area contributed by atoms with Crippen molar-refractivity contribution in [3.8, 4) is 5.75 Å². The van der Waals surface area contributed by atoms with Gasteiger partial charge < -0.3 is 15.0 Å². The zero-order valence-corrected chi connectivity index (χ0v) is 17.6. The van der Waals surface area contributed by atoms with Crippen LogP contribution in [0.4, 0.5) is 11.4 Å². The Kier molecular flexibility index (Phi) is 5.51. The molecule has 0 spiro atoms. The second-order valence-corrected chi connectivity index (χ2v) is 9.81. The Hall–Kier alpha value is -2.87. The van der Waals surface area contributed by atoms with Gasteiger partial charge in [-0.25, -0.2) is 8.42 Å². The smallest absolute Gasteiger partial charge is 0.264 e. The molecule has 0 saturated heterocycles. The third-order valence-corrected chi connectivity index (χ3v) is 6.42. The van der Waals surface area contributed by atoms with Crippen LogP contribution in [0.2, 0.25) is 0 Å². The number of carbonyl (C=O) groups excluding carboxylic acids is 2. The normalized spacial score (nSPS) is 16.0. The molecule has 0 unspecified atom stereocenters. The maximum atomic E-state index is 12.8. The Bertz CT molecular complexity index is 1090. The molecule has 4 rings (SSSR count). The van der Waals surface area contributed by atoms with Crippen LogP contribution in [-0.2, 0) is 25.8 Å². The quantitative estimate of drug-likeness (QED) is 0.764. The number of anilines is 2. The zero-order chi connectivity index (χ0) is 21.3. The maximum absolute atomic E-state index is 12.8. The molecule has 0 atom stereocenters. The largest absolute Gasteiger partial charge is 0.484 e. The molecule has 1 aliphatic heterocycles. The first-order chi connectivity index (χ1) is 14.3. The van der Waals surface area contributed by atoms with Gasteiger partial charge in [0, 0.05) is 36.2 Å². The highest BCUT2D eigenvalue weighted by molar-refractivity contribution is 7.90. The lowest BCUT2D eigenvalue weighted by molar-refractivity contribution is -0.120. The van der Waals surface area contributed by atoms with E-state index in [0.717, 1.165) is 36.9 Å². The SMILES string of the molecule is CS(=O)(=O)c1ccc2c(c1)CCCN2C(=O)COc1cccc(NC(=O)C2CC2)c1. The molecule has 0 bridgehead atoms. The van der Waals surface area contributed by atoms with E-state index in [-0.39, 0.29) is 29.2 Å². The predicted molar refractivity (Wildman–Crippen MR) is 114 cm³/mol. The maximum Gasteiger partial charge on any atom is 0.264 e. The molecule has 30 heavy (non-hydrogen) atoms. The van der Waals surface area contributed by atoms with Crippen LogP contribution in [0.3, 0.4) is 0 Å². The van der Waals surface area contributed by atoms with Crippen LogP contribution in [0, 0.1) is 5.92 Å². The van der Waals surface area contributed by atoms with Crippen molar-refractivity contribution < 1.29 is 22.7 Å². The van der Waals surface area contributed by atoms with Crippen LogP contribution >= 0.6 is 0 Å². The van der Waals surface area contributed by atoms with Gasteiger partial charge in [0.25, 0.3) is 5.91 Å². The Labute approximate surface area is 175 Å². The second-order valence-electron chi connectivity index (χ2n) is 7.79. The number of carbonyl (C=O) groups is 2. The number of ether oxygens (including phenoxy) is 1. The fraction of sp³-hybridized carbons (Fsp3) is 0.364. The summed E-state index contributed by atoms with van der Waals surface area (Å²) in [6.07, 6.45) is 4.52. The van der Waals surface area contributed by atoms with E-state index in [0.29, 0.717) is 18.0 Å². The molecule has 2 amide bonds. The first-order valence-corrected chi connectivity index (χ1v) is 11.9. The Balaban J connectivity index is 1.42. The highest BCUT2D eigenvalue weighted by Crippen LogP contribution is 2.31. The molecule has 1 N–H and O–H groups in total. The third kappa shape index (κ3) is 4.64. The highest BCUT2D eigenvalue weighted by Gasteiger charge is 2.29. The van der Waals surface area contributed by atoms with Crippen LogP contribution in [0.25, 0.3) is 0 Å². The minimum atomic E-state index is -3.29. The van der Waals surface area contributed by atoms with Gasteiger partial charge in [0.2, 0.25) is 5.91 Å². The third-order valence-electron chi connectivity index (χ3n) is 5.31. The van der Waals surface area contributed by atoms with Gasteiger partial charge in [-0.1, -0.05) is 6.07 Å². The van der Waals surface area contributed by atoms with Gasteiger partial charge in [-0.2, -0.15) is 0 Å². The molecule has 1 fully saturated rings. The number of amides is 2. The zero-order valence-electron chi connectivity index (χ0n) is 16.8. The monoisotopic (exact) mass is 428 g/mol. The summed E-state index contributed by atoms with van der Waals surface area (Å²) in [6, 6.07) is 11.9. The second kappa shape index (κ2) is 8.10. The number of nitrogens with one attached hydrogen (secondary N) is 1. The standard InChI is InChI=1S/C22H24N2O5S/c1-30(27,28)19-9-10-20-16(12-19)4-3-11-24(20)21(25)14-29-18-6-2-5-17(13-18)23-22(26)15-7-8-15/h2,5-6,9-10,12-13,15H,3-4,7-8,11,14H2,1H3,(H,23,26). The fourth-order valence-electron chi connectivity index (χ4n) is 3.54. The predicted octanol–water partition coefficient (Wildman–Crippen LogP) is 2.80. The van der Waals surface area contributed by atoms with Crippen LogP contribution in [-0.4, -0.2) is 39.6 Å². The van der Waals surface area contributed by atoms with Crippen molar-refractivity contribution in [2.24, 2.45) is 5.92 Å². The molecular formula is C22H24N2O5S. The molecule has 1 heterocycles. The Morgan fingerprint density at radius 1 is 1.17 bits per heavy atom. The number of benzene rings is 2. The number of hydrogen-bond donors (Lipinski definition) is 1. The average Bonchev–Trinajstić information content (AvgIpc) is 3.56. The van der Waals surface area contributed by atoms with Gasteiger partial charge in [-0.05, 0) is 61.6 Å². The summed E-state index contributed by atoms with van der Waals surface area (Å²) in [5, 5.41) is 2.86. The van der Waals surface area contributed by atoms with Crippen LogP contribution < -0.4 is 15.0 Å². The van der Waals surface area contributed by atoms with E-state index >= 15 is 0 Å². The van der Waals surface area contributed by atoms with Gasteiger partial charge in [-0.15, -0.1) is 0 Å². The molecule has 2 aromatic rings. The van der Waals surface area contributed by atoms with Gasteiger partial charge in [0.15, 0.2) is 16.4 Å². The molecular weight excluding hydrogens is 404 g/mol. The van der Waals surface area contributed by atoms with Gasteiger partial charge >= 0.3 is 0 Å². The van der Waals surface area contributed by atoms with E-state index < -0.39 is 9.84 Å². The van der Waals surface area contributed by atoms with Crippen molar-refractivity contribution in [3.05, 3.63) is 48.0 Å². The summed E-state index contributed by atoms with van der Waals surface area (Å²) in [4.78, 5) is 26.6. The number of rotatable bonds is 6. The van der Waals surface area contributed by atoms with Crippen molar-refractivity contribution in [2.75, 3.05) is 29.6 Å². The number of nitrogens with zero attached hydrogens (tertiary/aromatic N) is 1. The number of sulfone groups is 1. The summed E-state index contributed by atoms with van der Waals surface area (Å²) < 4.78 is 29.3. The summed E-state index contributed by atoms with van der Waals surface area (Å²) in [7, 11) is -3.29. The molecule has 0 radical (unpaired) electrons. The van der Waals surface area contributed by atoms with Crippen molar-refractivity contribution in [1.82, 2.24) is 0 Å². The molecule has 2 aliphatic rings. The molecule has 7 nitrogen and oxygen atoms in total. The molecule has 1 aliphatic carbocycles. The molecule has 1 saturated carbocycles. The van der Waals surface area contributed by atoms with E-state index in [9.17, 15) is 18.0 Å². The van der Waals surface area contributed by atoms with Crippen LogP contribution in [0.15, 0.2) is 47.4 Å². The molecule has 158 valence electrons. The van der Waals surface area contributed by atoms with E-state index in [4.69, 9.17) is 4.74 Å².